The van der Waals surface area contributed by atoms with Crippen LogP contribution in [0.25, 0.3) is 0 Å². The van der Waals surface area contributed by atoms with E-state index >= 15 is 0 Å². The second-order valence-corrected chi connectivity index (χ2v) is 9.17. The number of sulfonamides is 1. The van der Waals surface area contributed by atoms with Gasteiger partial charge in [0.25, 0.3) is 0 Å². The Morgan fingerprint density at radius 2 is 1.78 bits per heavy atom. The number of aliphatic hydroxyl groups excluding tert-OH is 2. The fourth-order valence-electron chi connectivity index (χ4n) is 3.09. The number of aliphatic hydroxyl groups is 2. The first-order valence-corrected chi connectivity index (χ1v) is 10.6. The van der Waals surface area contributed by atoms with Crippen molar-refractivity contribution in [2.75, 3.05) is 47.4 Å². The highest BCUT2D eigenvalue weighted by molar-refractivity contribution is 7.89. The molecule has 1 aliphatic rings. The van der Waals surface area contributed by atoms with Gasteiger partial charge in [0.05, 0.1) is 23.6 Å². The van der Waals surface area contributed by atoms with E-state index < -0.39 is 34.4 Å². The number of halogens is 1. The quantitative estimate of drug-likeness (QED) is 0.498. The summed E-state index contributed by atoms with van der Waals surface area (Å²) in [6, 6.07) is 5.42. The summed E-state index contributed by atoms with van der Waals surface area (Å²) in [7, 11) is 2.00. The summed E-state index contributed by atoms with van der Waals surface area (Å²) in [5.41, 5.74) is 0. The Kier molecular flexibility index (Phi) is 8.02. The molecule has 0 spiro atoms. The van der Waals surface area contributed by atoms with Crippen LogP contribution in [-0.4, -0.2) is 100 Å². The van der Waals surface area contributed by atoms with E-state index in [2.05, 4.69) is 4.72 Å². The fraction of sp³-hybridized carbons (Fsp3) is 0.647. The molecule has 0 saturated carbocycles. The number of nitrogens with zero attached hydrogens (tertiary/aromatic N) is 2. The lowest BCUT2D eigenvalue weighted by atomic mass is 10.0. The first kappa shape index (κ1) is 22.5. The van der Waals surface area contributed by atoms with Gasteiger partial charge in [-0.3, -0.25) is 4.90 Å². The van der Waals surface area contributed by atoms with Gasteiger partial charge in [-0.2, -0.15) is 0 Å². The number of likely N-dealkylation sites (N-methyl/N-ethyl adjacent to an activating group) is 2. The lowest BCUT2D eigenvalue weighted by Crippen LogP contribution is -2.51. The summed E-state index contributed by atoms with van der Waals surface area (Å²) in [5.74, 6) is 0. The maximum absolute atomic E-state index is 12.5. The van der Waals surface area contributed by atoms with Gasteiger partial charge in [0.15, 0.2) is 0 Å². The number of nitrogens with one attached hydrogen (secondary N) is 1. The molecular formula is C17H28ClN3O5S. The molecule has 0 bridgehead atoms. The third-order valence-corrected chi connectivity index (χ3v) is 6.34. The molecule has 0 amide bonds. The largest absolute Gasteiger partial charge is 0.394 e. The van der Waals surface area contributed by atoms with E-state index in [0.717, 1.165) is 6.54 Å². The molecule has 154 valence electrons. The van der Waals surface area contributed by atoms with Crippen molar-refractivity contribution in [3.63, 3.8) is 0 Å². The number of hydrogen-bond acceptors (Lipinski definition) is 7. The maximum atomic E-state index is 12.5. The van der Waals surface area contributed by atoms with Gasteiger partial charge < -0.3 is 19.8 Å². The van der Waals surface area contributed by atoms with Gasteiger partial charge in [0.2, 0.25) is 10.0 Å². The Bertz CT molecular complexity index is 701. The van der Waals surface area contributed by atoms with Crippen LogP contribution in [0.4, 0.5) is 0 Å². The Morgan fingerprint density at radius 3 is 2.33 bits per heavy atom. The van der Waals surface area contributed by atoms with E-state index in [1.54, 1.807) is 0 Å². The highest BCUT2D eigenvalue weighted by Gasteiger charge is 2.45. The Morgan fingerprint density at radius 1 is 1.15 bits per heavy atom. The van der Waals surface area contributed by atoms with Gasteiger partial charge in [0, 0.05) is 24.7 Å². The van der Waals surface area contributed by atoms with Crippen LogP contribution in [0.15, 0.2) is 29.2 Å². The minimum absolute atomic E-state index is 0.0184. The van der Waals surface area contributed by atoms with E-state index in [4.69, 9.17) is 16.3 Å². The van der Waals surface area contributed by atoms with Crippen LogP contribution >= 0.6 is 11.6 Å². The van der Waals surface area contributed by atoms with Gasteiger partial charge >= 0.3 is 0 Å². The zero-order chi connectivity index (χ0) is 20.2. The van der Waals surface area contributed by atoms with Crippen molar-refractivity contribution in [1.29, 1.82) is 0 Å². The normalized spacial score (nSPS) is 26.2. The van der Waals surface area contributed by atoms with Crippen molar-refractivity contribution in [1.82, 2.24) is 14.5 Å². The molecule has 1 aliphatic heterocycles. The van der Waals surface area contributed by atoms with Crippen LogP contribution in [-0.2, 0) is 14.8 Å². The van der Waals surface area contributed by atoms with Crippen molar-refractivity contribution in [2.45, 2.75) is 29.2 Å². The maximum Gasteiger partial charge on any atom is 0.240 e. The second kappa shape index (κ2) is 9.62. The first-order valence-electron chi connectivity index (χ1n) is 8.70. The van der Waals surface area contributed by atoms with Gasteiger partial charge in [0.1, 0.15) is 12.2 Å². The molecule has 27 heavy (non-hydrogen) atoms. The lowest BCUT2D eigenvalue weighted by Gasteiger charge is -2.31. The topological polar surface area (TPSA) is 102 Å². The Balaban J connectivity index is 2.08. The molecule has 0 aliphatic carbocycles. The lowest BCUT2D eigenvalue weighted by molar-refractivity contribution is -0.0201. The van der Waals surface area contributed by atoms with Crippen molar-refractivity contribution < 1.29 is 23.4 Å². The highest BCUT2D eigenvalue weighted by Crippen LogP contribution is 2.25. The fourth-order valence-corrected chi connectivity index (χ4v) is 4.26. The predicted octanol–water partition coefficient (Wildman–Crippen LogP) is -0.399. The SMILES string of the molecule is CN(C)CCN(C)[C@@H]1[C@H](O)[C@H](CO)O[C@@H]1CNS(=O)(=O)c1ccc(Cl)cc1. The third kappa shape index (κ3) is 5.85. The summed E-state index contributed by atoms with van der Waals surface area (Å²) in [6.07, 6.45) is -2.25. The van der Waals surface area contributed by atoms with Crippen LogP contribution in [0.2, 0.25) is 5.02 Å². The zero-order valence-corrected chi connectivity index (χ0v) is 17.3. The van der Waals surface area contributed by atoms with Gasteiger partial charge in [-0.15, -0.1) is 0 Å². The minimum Gasteiger partial charge on any atom is -0.394 e. The highest BCUT2D eigenvalue weighted by atomic mass is 35.5. The van der Waals surface area contributed by atoms with Crippen LogP contribution in [0.3, 0.4) is 0 Å². The average Bonchev–Trinajstić information content (AvgIpc) is 2.94. The van der Waals surface area contributed by atoms with E-state index in [1.807, 2.05) is 30.9 Å². The molecule has 1 saturated heterocycles. The first-order chi connectivity index (χ1) is 12.7. The monoisotopic (exact) mass is 421 g/mol. The van der Waals surface area contributed by atoms with Gasteiger partial charge in [-0.05, 0) is 45.4 Å². The molecule has 8 nitrogen and oxygen atoms in total. The molecule has 1 aromatic carbocycles. The molecule has 3 N–H and O–H groups in total. The van der Waals surface area contributed by atoms with Crippen molar-refractivity contribution in [2.24, 2.45) is 0 Å². The number of ether oxygens (including phenoxy) is 1. The number of rotatable bonds is 9. The van der Waals surface area contributed by atoms with Gasteiger partial charge in [-0.1, -0.05) is 11.6 Å². The molecule has 1 heterocycles. The van der Waals surface area contributed by atoms with Crippen LogP contribution in [0.1, 0.15) is 0 Å². The molecule has 0 radical (unpaired) electrons. The summed E-state index contributed by atoms with van der Waals surface area (Å²) >= 11 is 5.80. The molecule has 0 unspecified atom stereocenters. The predicted molar refractivity (Wildman–Crippen MR) is 103 cm³/mol. The van der Waals surface area contributed by atoms with E-state index in [0.29, 0.717) is 11.6 Å². The average molecular weight is 422 g/mol. The summed E-state index contributed by atoms with van der Waals surface area (Å²) in [6.45, 7) is 1.08. The van der Waals surface area contributed by atoms with Gasteiger partial charge in [-0.25, -0.2) is 13.1 Å². The number of benzene rings is 1. The third-order valence-electron chi connectivity index (χ3n) is 4.65. The van der Waals surface area contributed by atoms with Crippen molar-refractivity contribution >= 4 is 21.6 Å². The minimum atomic E-state index is -3.74. The Hall–Kier alpha value is -0.780. The second-order valence-electron chi connectivity index (χ2n) is 6.97. The molecule has 1 fully saturated rings. The van der Waals surface area contributed by atoms with Crippen LogP contribution in [0.5, 0.6) is 0 Å². The molecular weight excluding hydrogens is 394 g/mol. The van der Waals surface area contributed by atoms with Crippen molar-refractivity contribution in [3.8, 4) is 0 Å². The van der Waals surface area contributed by atoms with Crippen LogP contribution in [0, 0.1) is 0 Å². The molecule has 10 heteroatoms. The summed E-state index contributed by atoms with van der Waals surface area (Å²) < 4.78 is 33.2. The standard InChI is InChI=1S/C17H28ClN3O5S/c1-20(2)8-9-21(3)16-14(26-15(11-22)17(16)23)10-19-27(24,25)13-6-4-12(18)5-7-13/h4-7,14-17,19,22-23H,8-11H2,1-3H3/t14-,15+,16+,17-/m1/s1. The Labute approximate surface area is 165 Å². The molecule has 0 aromatic heterocycles. The smallest absolute Gasteiger partial charge is 0.240 e. The zero-order valence-electron chi connectivity index (χ0n) is 15.7. The van der Waals surface area contributed by atoms with Crippen LogP contribution < -0.4 is 4.72 Å². The van der Waals surface area contributed by atoms with E-state index in [9.17, 15) is 18.6 Å². The molecule has 4 atom stereocenters. The number of hydrogen-bond donors (Lipinski definition) is 3. The molecule has 2 rings (SSSR count). The van der Waals surface area contributed by atoms with E-state index in [1.165, 1.54) is 24.3 Å². The van der Waals surface area contributed by atoms with E-state index in [-0.39, 0.29) is 18.0 Å². The van der Waals surface area contributed by atoms with Crippen molar-refractivity contribution in [3.05, 3.63) is 29.3 Å². The summed E-state index contributed by atoms with van der Waals surface area (Å²) in [5, 5.41) is 20.4. The summed E-state index contributed by atoms with van der Waals surface area (Å²) in [4.78, 5) is 4.05. The molecule has 1 aromatic rings.